The Bertz CT molecular complexity index is 373. The van der Waals surface area contributed by atoms with Crippen molar-refractivity contribution in [2.45, 2.75) is 33.6 Å². The fourth-order valence-corrected chi connectivity index (χ4v) is 1.65. The number of anilines is 1. The molecule has 1 aromatic rings. The molecular weight excluding hydrogens is 218 g/mol. The molecule has 1 unspecified atom stereocenters. The number of nitrogens with zero attached hydrogens (tertiary/aromatic N) is 2. The van der Waals surface area contributed by atoms with Crippen molar-refractivity contribution in [1.82, 2.24) is 9.97 Å². The molecule has 0 amide bonds. The van der Waals surface area contributed by atoms with Crippen LogP contribution in [0.1, 0.15) is 31.2 Å². The molecule has 2 N–H and O–H groups in total. The fourth-order valence-electron chi connectivity index (χ4n) is 1.65. The summed E-state index contributed by atoms with van der Waals surface area (Å²) in [5, 5.41) is 11.8. The van der Waals surface area contributed by atoms with E-state index in [1.807, 2.05) is 26.8 Å². The van der Waals surface area contributed by atoms with E-state index in [4.69, 9.17) is 5.11 Å². The quantitative estimate of drug-likeness (QED) is 0.791. The smallest absolute Gasteiger partial charge is 0.303 e. The maximum absolute atomic E-state index is 10.6. The Balaban J connectivity index is 2.56. The molecule has 0 aliphatic rings. The third kappa shape index (κ3) is 4.80. The molecule has 1 rings (SSSR count). The Morgan fingerprint density at radius 3 is 2.47 bits per heavy atom. The molecule has 0 bridgehead atoms. The molecule has 5 nitrogen and oxygen atoms in total. The number of hydrogen-bond donors (Lipinski definition) is 2. The van der Waals surface area contributed by atoms with Crippen molar-refractivity contribution in [3.63, 3.8) is 0 Å². The van der Waals surface area contributed by atoms with E-state index >= 15 is 0 Å². The van der Waals surface area contributed by atoms with Gasteiger partial charge in [0, 0.05) is 24.4 Å². The largest absolute Gasteiger partial charge is 0.481 e. The van der Waals surface area contributed by atoms with E-state index < -0.39 is 5.97 Å². The number of aromatic nitrogens is 2. The Hall–Kier alpha value is -1.65. The van der Waals surface area contributed by atoms with Gasteiger partial charge in [0.1, 0.15) is 0 Å². The number of aliphatic carboxylic acids is 1. The zero-order valence-electron chi connectivity index (χ0n) is 10.5. The molecule has 0 spiro atoms. The average Bonchev–Trinajstić information content (AvgIpc) is 2.22. The van der Waals surface area contributed by atoms with Crippen molar-refractivity contribution < 1.29 is 9.90 Å². The first-order chi connectivity index (χ1) is 8.01. The van der Waals surface area contributed by atoms with Gasteiger partial charge < -0.3 is 10.4 Å². The van der Waals surface area contributed by atoms with E-state index in [-0.39, 0.29) is 12.3 Å². The third-order valence-electron chi connectivity index (χ3n) is 2.57. The maximum Gasteiger partial charge on any atom is 0.303 e. The molecule has 0 aliphatic heterocycles. The zero-order chi connectivity index (χ0) is 12.8. The number of aryl methyl sites for hydroxylation is 2. The van der Waals surface area contributed by atoms with Crippen LogP contribution in [0.3, 0.4) is 0 Å². The van der Waals surface area contributed by atoms with Gasteiger partial charge in [0.05, 0.1) is 0 Å². The van der Waals surface area contributed by atoms with Crippen LogP contribution < -0.4 is 5.32 Å². The predicted molar refractivity (Wildman–Crippen MR) is 66.0 cm³/mol. The number of carboxylic acids is 1. The number of nitrogens with one attached hydrogen (secondary N) is 1. The lowest BCUT2D eigenvalue weighted by molar-refractivity contribution is -0.138. The molecule has 0 radical (unpaired) electrons. The monoisotopic (exact) mass is 237 g/mol. The van der Waals surface area contributed by atoms with Gasteiger partial charge in [-0.2, -0.15) is 0 Å². The number of carbonyl (C=O) groups is 1. The highest BCUT2D eigenvalue weighted by atomic mass is 16.4. The third-order valence-corrected chi connectivity index (χ3v) is 2.57. The lowest BCUT2D eigenvalue weighted by Crippen LogP contribution is -2.18. The second kappa shape index (κ2) is 6.18. The first-order valence-electron chi connectivity index (χ1n) is 5.79. The van der Waals surface area contributed by atoms with Gasteiger partial charge in [-0.3, -0.25) is 4.79 Å². The van der Waals surface area contributed by atoms with E-state index in [9.17, 15) is 4.79 Å². The van der Waals surface area contributed by atoms with Crippen LogP contribution >= 0.6 is 0 Å². The highest BCUT2D eigenvalue weighted by Gasteiger charge is 2.11. The molecule has 0 saturated carbocycles. The summed E-state index contributed by atoms with van der Waals surface area (Å²) in [5.74, 6) is -0.0803. The summed E-state index contributed by atoms with van der Waals surface area (Å²) in [5.41, 5.74) is 1.82. The molecule has 94 valence electrons. The van der Waals surface area contributed by atoms with E-state index in [2.05, 4.69) is 15.3 Å². The number of rotatable bonds is 6. The Morgan fingerprint density at radius 1 is 1.41 bits per heavy atom. The van der Waals surface area contributed by atoms with Crippen LogP contribution in [-0.4, -0.2) is 27.6 Å². The molecule has 1 aromatic heterocycles. The highest BCUT2D eigenvalue weighted by molar-refractivity contribution is 5.67. The van der Waals surface area contributed by atoms with Gasteiger partial charge in [-0.15, -0.1) is 0 Å². The summed E-state index contributed by atoms with van der Waals surface area (Å²) in [6.07, 6.45) is 0.998. The van der Waals surface area contributed by atoms with Gasteiger partial charge in [-0.05, 0) is 25.8 Å². The van der Waals surface area contributed by atoms with Crippen molar-refractivity contribution in [3.8, 4) is 0 Å². The Labute approximate surface area is 101 Å². The lowest BCUT2D eigenvalue weighted by atomic mass is 10.0. The van der Waals surface area contributed by atoms with Gasteiger partial charge in [0.2, 0.25) is 5.95 Å². The van der Waals surface area contributed by atoms with Crippen molar-refractivity contribution in [3.05, 3.63) is 17.5 Å². The first kappa shape index (κ1) is 13.4. The van der Waals surface area contributed by atoms with Gasteiger partial charge in [0.15, 0.2) is 0 Å². The molecular formula is C12H19N3O2. The molecule has 0 fully saturated rings. The van der Waals surface area contributed by atoms with E-state index in [1.165, 1.54) is 0 Å². The van der Waals surface area contributed by atoms with E-state index in [1.54, 1.807) is 0 Å². The average molecular weight is 237 g/mol. The van der Waals surface area contributed by atoms with Crippen LogP contribution in [0.5, 0.6) is 0 Å². The topological polar surface area (TPSA) is 75.1 Å². The van der Waals surface area contributed by atoms with Crippen LogP contribution in [0.25, 0.3) is 0 Å². The van der Waals surface area contributed by atoms with Crippen molar-refractivity contribution in [2.75, 3.05) is 11.9 Å². The molecule has 17 heavy (non-hydrogen) atoms. The van der Waals surface area contributed by atoms with E-state index in [0.29, 0.717) is 12.5 Å². The van der Waals surface area contributed by atoms with Crippen LogP contribution in [0.15, 0.2) is 6.07 Å². The highest BCUT2D eigenvalue weighted by Crippen LogP contribution is 2.10. The van der Waals surface area contributed by atoms with Crippen molar-refractivity contribution in [1.29, 1.82) is 0 Å². The van der Waals surface area contributed by atoms with Gasteiger partial charge >= 0.3 is 5.97 Å². The van der Waals surface area contributed by atoms with E-state index in [0.717, 1.165) is 17.8 Å². The summed E-state index contributed by atoms with van der Waals surface area (Å²) < 4.78 is 0. The summed E-state index contributed by atoms with van der Waals surface area (Å²) >= 11 is 0. The molecule has 1 atom stereocenters. The summed E-state index contributed by atoms with van der Waals surface area (Å²) in [6, 6.07) is 1.90. The summed E-state index contributed by atoms with van der Waals surface area (Å²) in [6.45, 7) is 6.39. The Kier molecular flexibility index (Phi) is 4.87. The number of carboxylic acid groups (broad SMARTS) is 1. The lowest BCUT2D eigenvalue weighted by Gasteiger charge is -2.13. The molecule has 0 aliphatic carbocycles. The standard InChI is InChI=1S/C12H19N3O2/c1-4-10(6-11(16)17)7-13-12-14-8(2)5-9(3)15-12/h5,10H,4,6-7H2,1-3H3,(H,16,17)(H,13,14,15). The normalized spacial score (nSPS) is 12.2. The van der Waals surface area contributed by atoms with Gasteiger partial charge in [0.25, 0.3) is 0 Å². The molecule has 0 saturated heterocycles. The fraction of sp³-hybridized carbons (Fsp3) is 0.583. The van der Waals surface area contributed by atoms with Crippen LogP contribution in [-0.2, 0) is 4.79 Å². The van der Waals surface area contributed by atoms with Crippen molar-refractivity contribution in [2.24, 2.45) is 5.92 Å². The molecule has 1 heterocycles. The zero-order valence-corrected chi connectivity index (χ0v) is 10.5. The SMILES string of the molecule is CCC(CNc1nc(C)cc(C)n1)CC(=O)O. The van der Waals surface area contributed by atoms with Gasteiger partial charge in [-0.1, -0.05) is 13.3 Å². The Morgan fingerprint density at radius 2 is 2.00 bits per heavy atom. The predicted octanol–water partition coefficient (Wildman–Crippen LogP) is 2.01. The minimum Gasteiger partial charge on any atom is -0.481 e. The van der Waals surface area contributed by atoms with Crippen LogP contribution in [0.4, 0.5) is 5.95 Å². The van der Waals surface area contributed by atoms with Gasteiger partial charge in [-0.25, -0.2) is 9.97 Å². The minimum atomic E-state index is -0.764. The van der Waals surface area contributed by atoms with Crippen molar-refractivity contribution >= 4 is 11.9 Å². The summed E-state index contributed by atoms with van der Waals surface area (Å²) in [4.78, 5) is 19.1. The molecule has 0 aromatic carbocycles. The second-order valence-electron chi connectivity index (χ2n) is 4.23. The molecule has 5 heteroatoms. The number of hydrogen-bond acceptors (Lipinski definition) is 4. The summed E-state index contributed by atoms with van der Waals surface area (Å²) in [7, 11) is 0. The first-order valence-corrected chi connectivity index (χ1v) is 5.79. The second-order valence-corrected chi connectivity index (χ2v) is 4.23. The van der Waals surface area contributed by atoms with Crippen LogP contribution in [0, 0.1) is 19.8 Å². The maximum atomic E-state index is 10.6. The van der Waals surface area contributed by atoms with Crippen LogP contribution in [0.2, 0.25) is 0 Å². The minimum absolute atomic E-state index is 0.108.